The molecule has 1 aliphatic rings. The molecule has 2 N–H and O–H groups in total. The third kappa shape index (κ3) is 5.52. The lowest BCUT2D eigenvalue weighted by Gasteiger charge is -2.27. The third-order valence-corrected chi connectivity index (χ3v) is 3.92. The number of carbonyl (C=O) groups is 2. The predicted molar refractivity (Wildman–Crippen MR) is 93.7 cm³/mol. The maximum atomic E-state index is 12.0. The second-order valence-corrected chi connectivity index (χ2v) is 6.28. The van der Waals surface area contributed by atoms with E-state index in [0.29, 0.717) is 18.0 Å². The highest BCUT2D eigenvalue weighted by Gasteiger charge is 2.17. The Morgan fingerprint density at radius 3 is 2.35 bits per heavy atom. The van der Waals surface area contributed by atoms with Crippen LogP contribution in [0.2, 0.25) is 0 Å². The van der Waals surface area contributed by atoms with E-state index in [1.165, 1.54) is 0 Å². The number of amides is 2. The summed E-state index contributed by atoms with van der Waals surface area (Å²) in [6, 6.07) is 7.45. The number of halogens is 1. The van der Waals surface area contributed by atoms with Gasteiger partial charge in [0.2, 0.25) is 5.91 Å². The molecule has 1 heterocycles. The van der Waals surface area contributed by atoms with Crippen LogP contribution in [0.25, 0.3) is 0 Å². The molecule has 0 bridgehead atoms. The highest BCUT2D eigenvalue weighted by Crippen LogP contribution is 2.09. The quantitative estimate of drug-likeness (QED) is 0.828. The van der Waals surface area contributed by atoms with Crippen LogP contribution >= 0.6 is 12.4 Å². The van der Waals surface area contributed by atoms with Crippen molar-refractivity contribution in [1.29, 1.82) is 0 Å². The van der Waals surface area contributed by atoms with Gasteiger partial charge in [0.1, 0.15) is 0 Å². The van der Waals surface area contributed by atoms with Crippen LogP contribution < -0.4 is 10.6 Å². The smallest absolute Gasteiger partial charge is 0.251 e. The van der Waals surface area contributed by atoms with E-state index in [-0.39, 0.29) is 30.1 Å². The Balaban J connectivity index is 0.00000264. The molecule has 0 aromatic heterocycles. The van der Waals surface area contributed by atoms with Gasteiger partial charge in [0.15, 0.2) is 0 Å². The number of hydrogen-bond donors (Lipinski definition) is 2. The molecule has 2 rings (SSSR count). The highest BCUT2D eigenvalue weighted by atomic mass is 35.5. The molecule has 23 heavy (non-hydrogen) atoms. The number of rotatable bonds is 6. The molecule has 6 heteroatoms. The predicted octanol–water partition coefficient (Wildman–Crippen LogP) is 1.67. The van der Waals surface area contributed by atoms with Crippen molar-refractivity contribution in [2.45, 2.75) is 20.4 Å². The molecule has 128 valence electrons. The van der Waals surface area contributed by atoms with Crippen LogP contribution in [0.4, 0.5) is 0 Å². The standard InChI is InChI=1S/C17H25N3O2.ClH/c1-12(2)17(22)20(3)11-13-4-6-15(7-5-13)16(21)19-10-14-8-18-9-14;/h4-7,12,14,18H,8-11H2,1-3H3,(H,19,21);1H. The molecule has 1 fully saturated rings. The van der Waals surface area contributed by atoms with Gasteiger partial charge in [-0.1, -0.05) is 26.0 Å². The van der Waals surface area contributed by atoms with Crippen molar-refractivity contribution >= 4 is 24.2 Å². The van der Waals surface area contributed by atoms with Crippen LogP contribution in [-0.2, 0) is 11.3 Å². The van der Waals surface area contributed by atoms with Crippen molar-refractivity contribution < 1.29 is 9.59 Å². The van der Waals surface area contributed by atoms with E-state index >= 15 is 0 Å². The van der Waals surface area contributed by atoms with Gasteiger partial charge in [-0.05, 0) is 17.7 Å². The Morgan fingerprint density at radius 2 is 1.87 bits per heavy atom. The fourth-order valence-corrected chi connectivity index (χ4v) is 2.39. The average Bonchev–Trinajstić information content (AvgIpc) is 2.45. The van der Waals surface area contributed by atoms with Crippen molar-refractivity contribution in [3.05, 3.63) is 35.4 Å². The molecule has 0 radical (unpaired) electrons. The monoisotopic (exact) mass is 339 g/mol. The number of nitrogens with one attached hydrogen (secondary N) is 2. The maximum Gasteiger partial charge on any atom is 0.251 e. The molecule has 0 saturated carbocycles. The second-order valence-electron chi connectivity index (χ2n) is 6.28. The van der Waals surface area contributed by atoms with Crippen molar-refractivity contribution in [3.63, 3.8) is 0 Å². The van der Waals surface area contributed by atoms with Crippen LogP contribution in [0.5, 0.6) is 0 Å². The largest absolute Gasteiger partial charge is 0.352 e. The zero-order valence-corrected chi connectivity index (χ0v) is 14.8. The van der Waals surface area contributed by atoms with Crippen LogP contribution in [-0.4, -0.2) is 43.4 Å². The summed E-state index contributed by atoms with van der Waals surface area (Å²) in [5.74, 6) is 0.635. The lowest BCUT2D eigenvalue weighted by molar-refractivity contribution is -0.133. The first kappa shape index (κ1) is 19.5. The van der Waals surface area contributed by atoms with Gasteiger partial charge in [-0.25, -0.2) is 0 Å². The zero-order chi connectivity index (χ0) is 16.1. The Kier molecular flexibility index (Phi) is 7.52. The van der Waals surface area contributed by atoms with Crippen LogP contribution in [0, 0.1) is 11.8 Å². The van der Waals surface area contributed by atoms with Gasteiger partial charge in [0.05, 0.1) is 0 Å². The minimum absolute atomic E-state index is 0. The molecule has 1 aliphatic heterocycles. The minimum Gasteiger partial charge on any atom is -0.352 e. The highest BCUT2D eigenvalue weighted by molar-refractivity contribution is 5.94. The van der Waals surface area contributed by atoms with Crippen LogP contribution in [0.3, 0.4) is 0 Å². The molecule has 0 spiro atoms. The Morgan fingerprint density at radius 1 is 1.26 bits per heavy atom. The summed E-state index contributed by atoms with van der Waals surface area (Å²) >= 11 is 0. The normalized spacial score (nSPS) is 13.9. The van der Waals surface area contributed by atoms with Gasteiger partial charge in [0.25, 0.3) is 5.91 Å². The summed E-state index contributed by atoms with van der Waals surface area (Å²) in [6.07, 6.45) is 0. The van der Waals surface area contributed by atoms with Crippen molar-refractivity contribution in [2.24, 2.45) is 11.8 Å². The van der Waals surface area contributed by atoms with Gasteiger partial charge in [-0.3, -0.25) is 9.59 Å². The van der Waals surface area contributed by atoms with Crippen molar-refractivity contribution in [2.75, 3.05) is 26.7 Å². The molecule has 1 saturated heterocycles. The van der Waals surface area contributed by atoms with Crippen molar-refractivity contribution in [1.82, 2.24) is 15.5 Å². The van der Waals surface area contributed by atoms with Gasteiger partial charge in [-0.15, -0.1) is 12.4 Å². The molecular weight excluding hydrogens is 314 g/mol. The molecule has 0 aliphatic carbocycles. The molecule has 1 aromatic carbocycles. The van der Waals surface area contributed by atoms with Gasteiger partial charge in [0, 0.05) is 50.6 Å². The number of carbonyl (C=O) groups excluding carboxylic acids is 2. The SMILES string of the molecule is CC(C)C(=O)N(C)Cc1ccc(C(=O)NCC2CNC2)cc1.Cl. The molecule has 1 aromatic rings. The van der Waals surface area contributed by atoms with Gasteiger partial charge in [-0.2, -0.15) is 0 Å². The topological polar surface area (TPSA) is 61.4 Å². The van der Waals surface area contributed by atoms with Crippen LogP contribution in [0.1, 0.15) is 29.8 Å². The van der Waals surface area contributed by atoms with Crippen molar-refractivity contribution in [3.8, 4) is 0 Å². The van der Waals surface area contributed by atoms with E-state index in [4.69, 9.17) is 0 Å². The van der Waals surface area contributed by atoms with E-state index < -0.39 is 0 Å². The number of benzene rings is 1. The Hall–Kier alpha value is -1.59. The molecule has 5 nitrogen and oxygen atoms in total. The van der Waals surface area contributed by atoms with Crippen LogP contribution in [0.15, 0.2) is 24.3 Å². The Labute approximate surface area is 144 Å². The summed E-state index contributed by atoms with van der Waals surface area (Å²) in [4.78, 5) is 25.6. The molecular formula is C17H26ClN3O2. The minimum atomic E-state index is -0.0370. The summed E-state index contributed by atoms with van der Waals surface area (Å²) < 4.78 is 0. The van der Waals surface area contributed by atoms with Gasteiger partial charge < -0.3 is 15.5 Å². The first-order valence-corrected chi connectivity index (χ1v) is 7.80. The first-order valence-electron chi connectivity index (χ1n) is 7.80. The van der Waals surface area contributed by atoms with Gasteiger partial charge >= 0.3 is 0 Å². The van der Waals surface area contributed by atoms with E-state index in [1.54, 1.807) is 11.9 Å². The van der Waals surface area contributed by atoms with E-state index in [9.17, 15) is 9.59 Å². The summed E-state index contributed by atoms with van der Waals surface area (Å²) in [6.45, 7) is 7.03. The fourth-order valence-electron chi connectivity index (χ4n) is 2.39. The number of hydrogen-bond acceptors (Lipinski definition) is 3. The Bertz CT molecular complexity index is 527. The third-order valence-electron chi connectivity index (χ3n) is 3.92. The zero-order valence-electron chi connectivity index (χ0n) is 14.0. The van der Waals surface area contributed by atoms with E-state index in [0.717, 1.165) is 25.2 Å². The maximum absolute atomic E-state index is 12.0. The average molecular weight is 340 g/mol. The van der Waals surface area contributed by atoms with E-state index in [2.05, 4.69) is 10.6 Å². The fraction of sp³-hybridized carbons (Fsp3) is 0.529. The summed E-state index contributed by atoms with van der Waals surface area (Å²) in [7, 11) is 1.80. The molecule has 0 atom stereocenters. The molecule has 2 amide bonds. The summed E-state index contributed by atoms with van der Waals surface area (Å²) in [5, 5.41) is 6.13. The first-order chi connectivity index (χ1) is 10.5. The lowest BCUT2D eigenvalue weighted by Crippen LogP contribution is -2.48. The lowest BCUT2D eigenvalue weighted by atomic mass is 10.0. The van der Waals surface area contributed by atoms with E-state index in [1.807, 2.05) is 38.1 Å². The molecule has 0 unspecified atom stereocenters. The summed E-state index contributed by atoms with van der Waals surface area (Å²) in [5.41, 5.74) is 1.69. The number of nitrogens with zero attached hydrogens (tertiary/aromatic N) is 1. The second kappa shape index (κ2) is 8.89.